The molecule has 0 saturated carbocycles. The van der Waals surface area contributed by atoms with E-state index in [4.69, 9.17) is 16.5 Å². The van der Waals surface area contributed by atoms with Crippen LogP contribution in [0, 0.1) is 29.6 Å². The number of aryl methyl sites for hydroxylation is 1. The molecule has 0 bridgehead atoms. The topological polar surface area (TPSA) is 181 Å². The SMILES string of the molecule is C.C.CC(C)(C#N)c1cccc(N)c1.Cc1ccc(C(=O)Nc2cccc(C(C)(C)C#N)c2)cc1N=[N+]=[N-].[OH-]. The predicted molar refractivity (Wildman–Crippen MR) is 158 cm³/mol. The second kappa shape index (κ2) is 15.4. The Morgan fingerprint density at radius 2 is 1.46 bits per heavy atom. The summed E-state index contributed by atoms with van der Waals surface area (Å²) in [6.07, 6.45) is 0. The second-order valence-corrected chi connectivity index (χ2v) is 9.32. The molecule has 0 aromatic heterocycles. The summed E-state index contributed by atoms with van der Waals surface area (Å²) in [6, 6.07) is 24.0. The molecule has 0 aliphatic carbocycles. The molecule has 39 heavy (non-hydrogen) atoms. The zero-order chi connectivity index (χ0) is 26.9. The quantitative estimate of drug-likeness (QED) is 0.146. The minimum Gasteiger partial charge on any atom is -0.870 e. The maximum Gasteiger partial charge on any atom is 0.255 e. The van der Waals surface area contributed by atoms with E-state index in [0.29, 0.717) is 22.6 Å². The molecular formula is C30H38N7O2-. The van der Waals surface area contributed by atoms with Crippen LogP contribution in [0.1, 0.15) is 69.6 Å². The summed E-state index contributed by atoms with van der Waals surface area (Å²) in [6.45, 7) is 9.20. The van der Waals surface area contributed by atoms with Gasteiger partial charge in [0.15, 0.2) is 0 Å². The summed E-state index contributed by atoms with van der Waals surface area (Å²) in [7, 11) is 0. The molecule has 9 heteroatoms. The van der Waals surface area contributed by atoms with Crippen LogP contribution in [0.4, 0.5) is 17.1 Å². The molecule has 206 valence electrons. The first-order chi connectivity index (χ1) is 16.9. The van der Waals surface area contributed by atoms with Gasteiger partial charge in [-0.2, -0.15) is 10.5 Å². The van der Waals surface area contributed by atoms with Gasteiger partial charge in [-0.15, -0.1) is 0 Å². The molecule has 0 spiro atoms. The van der Waals surface area contributed by atoms with Gasteiger partial charge in [0.2, 0.25) is 0 Å². The number of amides is 1. The number of benzene rings is 3. The van der Waals surface area contributed by atoms with Crippen molar-refractivity contribution in [3.63, 3.8) is 0 Å². The van der Waals surface area contributed by atoms with Gasteiger partial charge in [-0.05, 0) is 93.2 Å². The van der Waals surface area contributed by atoms with E-state index in [-0.39, 0.29) is 26.2 Å². The third kappa shape index (κ3) is 9.87. The number of carbonyl (C=O) groups excluding carboxylic acids is 1. The van der Waals surface area contributed by atoms with Gasteiger partial charge in [-0.3, -0.25) is 4.79 Å². The molecule has 4 N–H and O–H groups in total. The van der Waals surface area contributed by atoms with Gasteiger partial charge in [0.05, 0.1) is 23.0 Å². The normalized spacial score (nSPS) is 9.72. The summed E-state index contributed by atoms with van der Waals surface area (Å²) in [4.78, 5) is 15.2. The smallest absolute Gasteiger partial charge is 0.255 e. The van der Waals surface area contributed by atoms with Crippen LogP contribution in [0.5, 0.6) is 0 Å². The zero-order valence-corrected chi connectivity index (χ0v) is 21.5. The van der Waals surface area contributed by atoms with Crippen molar-refractivity contribution in [2.24, 2.45) is 5.11 Å². The van der Waals surface area contributed by atoms with Crippen LogP contribution in [0.25, 0.3) is 10.4 Å². The molecular weight excluding hydrogens is 490 g/mol. The van der Waals surface area contributed by atoms with Crippen LogP contribution in [-0.4, -0.2) is 11.4 Å². The number of azide groups is 1. The van der Waals surface area contributed by atoms with E-state index in [2.05, 4.69) is 27.5 Å². The third-order valence-corrected chi connectivity index (χ3v) is 5.63. The molecule has 1 amide bonds. The molecule has 3 aromatic carbocycles. The summed E-state index contributed by atoms with van der Waals surface area (Å²) in [5, 5.41) is 24.5. The molecule has 0 aliphatic heterocycles. The fourth-order valence-corrected chi connectivity index (χ4v) is 3.15. The van der Waals surface area contributed by atoms with Crippen molar-refractivity contribution >= 4 is 23.0 Å². The summed E-state index contributed by atoms with van der Waals surface area (Å²) in [5.74, 6) is -0.309. The van der Waals surface area contributed by atoms with E-state index in [1.807, 2.05) is 58.0 Å². The molecule has 0 fully saturated rings. The minimum absolute atomic E-state index is 0. The first-order valence-corrected chi connectivity index (χ1v) is 11.2. The number of hydrogen-bond donors (Lipinski definition) is 2. The number of nitrogens with one attached hydrogen (secondary N) is 1. The van der Waals surface area contributed by atoms with Gasteiger partial charge in [0.25, 0.3) is 5.91 Å². The van der Waals surface area contributed by atoms with Gasteiger partial charge in [-0.1, -0.05) is 50.3 Å². The molecule has 0 radical (unpaired) electrons. The minimum atomic E-state index is -0.640. The van der Waals surface area contributed by atoms with Gasteiger partial charge < -0.3 is 16.5 Å². The largest absolute Gasteiger partial charge is 0.870 e. The van der Waals surface area contributed by atoms with Crippen molar-refractivity contribution in [2.75, 3.05) is 11.1 Å². The third-order valence-electron chi connectivity index (χ3n) is 5.63. The molecule has 9 nitrogen and oxygen atoms in total. The Morgan fingerprint density at radius 1 is 0.923 bits per heavy atom. The highest BCUT2D eigenvalue weighted by atomic mass is 16.1. The van der Waals surface area contributed by atoms with Gasteiger partial charge in [0, 0.05) is 27.5 Å². The number of rotatable bonds is 5. The van der Waals surface area contributed by atoms with E-state index in [1.165, 1.54) is 0 Å². The maximum absolute atomic E-state index is 12.4. The molecule has 0 atom stereocenters. The first-order valence-electron chi connectivity index (χ1n) is 11.2. The highest BCUT2D eigenvalue weighted by Crippen LogP contribution is 2.26. The van der Waals surface area contributed by atoms with E-state index in [1.54, 1.807) is 43.3 Å². The standard InChI is InChI=1S/C18H17N5O.C10H12N2.2CH4.H2O/c1-12-7-8-13(9-16(12)22-23-20)17(24)21-15-6-4-5-14(10-15)18(2,3)11-19;1-10(2,7-11)8-4-3-5-9(12)6-8;;;/h4-10H,1-3H3,(H,21,24);3-6H,12H2,1-2H3;2*1H4;1H2/p-1. The Morgan fingerprint density at radius 3 is 1.97 bits per heavy atom. The van der Waals surface area contributed by atoms with Crippen molar-refractivity contribution in [1.29, 1.82) is 10.5 Å². The van der Waals surface area contributed by atoms with Crippen LogP contribution in [0.2, 0.25) is 0 Å². The van der Waals surface area contributed by atoms with Crippen LogP contribution >= 0.6 is 0 Å². The highest BCUT2D eigenvalue weighted by Gasteiger charge is 2.20. The highest BCUT2D eigenvalue weighted by molar-refractivity contribution is 6.04. The summed E-state index contributed by atoms with van der Waals surface area (Å²) in [5.41, 5.74) is 17.8. The van der Waals surface area contributed by atoms with Crippen LogP contribution in [0.15, 0.2) is 71.8 Å². The van der Waals surface area contributed by atoms with Crippen LogP contribution in [0.3, 0.4) is 0 Å². The lowest BCUT2D eigenvalue weighted by Gasteiger charge is -2.17. The van der Waals surface area contributed by atoms with E-state index < -0.39 is 10.8 Å². The van der Waals surface area contributed by atoms with Crippen LogP contribution < -0.4 is 11.1 Å². The Bertz CT molecular complexity index is 1390. The molecule has 3 aromatic rings. The number of nitrogens with zero attached hydrogens (tertiary/aromatic N) is 5. The molecule has 0 aliphatic rings. The fourth-order valence-electron chi connectivity index (χ4n) is 3.15. The number of nitrogen functional groups attached to an aromatic ring is 1. The lowest BCUT2D eigenvalue weighted by Crippen LogP contribution is -2.16. The van der Waals surface area contributed by atoms with Crippen molar-refractivity contribution < 1.29 is 10.3 Å². The van der Waals surface area contributed by atoms with Crippen molar-refractivity contribution in [3.8, 4) is 12.1 Å². The van der Waals surface area contributed by atoms with E-state index in [0.717, 1.165) is 16.7 Å². The first kappa shape index (κ1) is 36.3. The van der Waals surface area contributed by atoms with E-state index in [9.17, 15) is 10.1 Å². The Kier molecular flexibility index (Phi) is 14.4. The Balaban J connectivity index is 0. The average Bonchev–Trinajstić information content (AvgIpc) is 2.86. The monoisotopic (exact) mass is 528 g/mol. The Labute approximate surface area is 231 Å². The van der Waals surface area contributed by atoms with Gasteiger partial charge in [0.1, 0.15) is 0 Å². The number of nitriles is 2. The number of anilines is 2. The number of nitrogens with two attached hydrogens (primary N) is 1. The summed E-state index contributed by atoms with van der Waals surface area (Å²) >= 11 is 0. The molecule has 0 saturated heterocycles. The second-order valence-electron chi connectivity index (χ2n) is 9.32. The van der Waals surface area contributed by atoms with Crippen molar-refractivity contribution in [3.05, 3.63) is 99.4 Å². The zero-order valence-electron chi connectivity index (χ0n) is 21.5. The number of hydrogen-bond acceptors (Lipinski definition) is 6. The van der Waals surface area contributed by atoms with Gasteiger partial charge in [-0.25, -0.2) is 0 Å². The average molecular weight is 529 g/mol. The summed E-state index contributed by atoms with van der Waals surface area (Å²) < 4.78 is 0. The Hall–Kier alpha value is -4.82. The van der Waals surface area contributed by atoms with Crippen molar-refractivity contribution in [1.82, 2.24) is 0 Å². The molecule has 0 heterocycles. The van der Waals surface area contributed by atoms with Gasteiger partial charge >= 0.3 is 0 Å². The lowest BCUT2D eigenvalue weighted by molar-refractivity contribution is 0.102. The lowest BCUT2D eigenvalue weighted by atomic mass is 9.86. The fraction of sp³-hybridized carbons (Fsp3) is 0.300. The molecule has 3 rings (SSSR count). The maximum atomic E-state index is 12.4. The molecule has 0 unspecified atom stereocenters. The number of carbonyl (C=O) groups is 1. The van der Waals surface area contributed by atoms with E-state index >= 15 is 0 Å². The van der Waals surface area contributed by atoms with Crippen molar-refractivity contribution in [2.45, 2.75) is 60.3 Å². The predicted octanol–water partition coefficient (Wildman–Crippen LogP) is 8.16. The van der Waals surface area contributed by atoms with Crippen LogP contribution in [-0.2, 0) is 10.8 Å².